The fourth-order valence-corrected chi connectivity index (χ4v) is 4.67. The van der Waals surface area contributed by atoms with E-state index in [4.69, 9.17) is 9.47 Å². The number of hydrogen-bond acceptors (Lipinski definition) is 5. The molecule has 4 rings (SSSR count). The quantitative estimate of drug-likeness (QED) is 0.685. The van der Waals surface area contributed by atoms with Crippen LogP contribution in [-0.4, -0.2) is 74.1 Å². The second-order valence-corrected chi connectivity index (χ2v) is 8.35. The molecule has 2 aromatic carbocycles. The Hall–Kier alpha value is -2.57. The second kappa shape index (κ2) is 10.2. The van der Waals surface area contributed by atoms with Gasteiger partial charge >= 0.3 is 0 Å². The molecule has 1 atom stereocenters. The van der Waals surface area contributed by atoms with E-state index in [0.717, 1.165) is 75.7 Å². The summed E-state index contributed by atoms with van der Waals surface area (Å²) in [6.07, 6.45) is 2.23. The lowest BCUT2D eigenvalue weighted by Gasteiger charge is -2.40. The summed E-state index contributed by atoms with van der Waals surface area (Å²) in [4.78, 5) is 20.2. The van der Waals surface area contributed by atoms with Gasteiger partial charge in [0.15, 0.2) is 11.5 Å². The van der Waals surface area contributed by atoms with Gasteiger partial charge in [-0.15, -0.1) is 0 Å². The van der Waals surface area contributed by atoms with Gasteiger partial charge < -0.3 is 14.4 Å². The van der Waals surface area contributed by atoms with Crippen LogP contribution in [0, 0.1) is 0 Å². The fourth-order valence-electron chi connectivity index (χ4n) is 4.67. The predicted molar refractivity (Wildman–Crippen MR) is 121 cm³/mol. The number of amides is 1. The lowest BCUT2D eigenvalue weighted by molar-refractivity contribution is -0.137. The number of nitrogens with zero attached hydrogens (tertiary/aromatic N) is 3. The molecule has 0 N–H and O–H groups in total. The van der Waals surface area contributed by atoms with Crippen LogP contribution in [0.4, 0.5) is 0 Å². The molecule has 2 aliphatic rings. The van der Waals surface area contributed by atoms with Crippen molar-refractivity contribution in [2.45, 2.75) is 25.4 Å². The molecule has 1 amide bonds. The van der Waals surface area contributed by atoms with Crippen LogP contribution in [0.15, 0.2) is 48.5 Å². The van der Waals surface area contributed by atoms with Crippen molar-refractivity contribution in [2.75, 3.05) is 53.5 Å². The van der Waals surface area contributed by atoms with E-state index in [2.05, 4.69) is 34.1 Å². The van der Waals surface area contributed by atoms with E-state index in [1.54, 1.807) is 14.2 Å². The minimum absolute atomic E-state index is 0.178. The predicted octanol–water partition coefficient (Wildman–Crippen LogP) is 3.19. The maximum Gasteiger partial charge on any atom is 0.244 e. The fraction of sp³-hybridized carbons (Fsp3) is 0.480. The normalized spacial score (nSPS) is 18.7. The summed E-state index contributed by atoms with van der Waals surface area (Å²) < 4.78 is 10.8. The second-order valence-electron chi connectivity index (χ2n) is 8.35. The molecule has 1 unspecified atom stereocenters. The van der Waals surface area contributed by atoms with E-state index in [1.807, 2.05) is 29.2 Å². The SMILES string of the molecule is COc1ccc(CN2CCN(C(C(=O)N3CCCC3)c3ccccc3)CC2)cc1OC. The van der Waals surface area contributed by atoms with Gasteiger partial charge in [-0.3, -0.25) is 14.6 Å². The van der Waals surface area contributed by atoms with E-state index in [9.17, 15) is 4.79 Å². The number of ether oxygens (including phenoxy) is 2. The van der Waals surface area contributed by atoms with Gasteiger partial charge in [0, 0.05) is 45.8 Å². The number of likely N-dealkylation sites (tertiary alicyclic amines) is 1. The number of hydrogen-bond donors (Lipinski definition) is 0. The van der Waals surface area contributed by atoms with Crippen LogP contribution in [0.3, 0.4) is 0 Å². The molecule has 2 saturated heterocycles. The van der Waals surface area contributed by atoms with E-state index in [0.29, 0.717) is 0 Å². The van der Waals surface area contributed by atoms with Crippen LogP contribution < -0.4 is 9.47 Å². The number of carbonyl (C=O) groups excluding carboxylic acids is 1. The first-order valence-corrected chi connectivity index (χ1v) is 11.2. The monoisotopic (exact) mass is 423 g/mol. The summed E-state index contributed by atoms with van der Waals surface area (Å²) in [7, 11) is 3.32. The largest absolute Gasteiger partial charge is 0.493 e. The van der Waals surface area contributed by atoms with Crippen molar-refractivity contribution in [2.24, 2.45) is 0 Å². The molecule has 6 heteroatoms. The molecular weight excluding hydrogens is 390 g/mol. The van der Waals surface area contributed by atoms with Crippen LogP contribution >= 0.6 is 0 Å². The molecule has 0 bridgehead atoms. The maximum atomic E-state index is 13.4. The van der Waals surface area contributed by atoms with Gasteiger partial charge in [-0.25, -0.2) is 0 Å². The first-order chi connectivity index (χ1) is 15.2. The van der Waals surface area contributed by atoms with Crippen molar-refractivity contribution in [3.8, 4) is 11.5 Å². The van der Waals surface area contributed by atoms with Gasteiger partial charge in [-0.1, -0.05) is 36.4 Å². The van der Waals surface area contributed by atoms with E-state index in [-0.39, 0.29) is 11.9 Å². The molecule has 0 aliphatic carbocycles. The first kappa shape index (κ1) is 21.7. The minimum atomic E-state index is -0.178. The van der Waals surface area contributed by atoms with Crippen molar-refractivity contribution in [3.05, 3.63) is 59.7 Å². The highest BCUT2D eigenvalue weighted by Gasteiger charge is 2.34. The third-order valence-electron chi connectivity index (χ3n) is 6.39. The Morgan fingerprint density at radius 3 is 2.19 bits per heavy atom. The summed E-state index contributed by atoms with van der Waals surface area (Å²) in [6, 6.07) is 16.2. The number of piperazine rings is 1. The summed E-state index contributed by atoms with van der Waals surface area (Å²) >= 11 is 0. The average Bonchev–Trinajstić information content (AvgIpc) is 3.36. The highest BCUT2D eigenvalue weighted by atomic mass is 16.5. The Morgan fingerprint density at radius 2 is 1.55 bits per heavy atom. The molecule has 2 heterocycles. The number of rotatable bonds is 7. The molecule has 0 saturated carbocycles. The standard InChI is InChI=1S/C25H33N3O3/c1-30-22-11-10-20(18-23(22)31-2)19-26-14-16-27(17-15-26)24(21-8-4-3-5-9-21)25(29)28-12-6-7-13-28/h3-5,8-11,18,24H,6-7,12-17,19H2,1-2H3. The maximum absolute atomic E-state index is 13.4. The lowest BCUT2D eigenvalue weighted by atomic mass is 10.0. The Morgan fingerprint density at radius 1 is 0.871 bits per heavy atom. The van der Waals surface area contributed by atoms with Crippen LogP contribution in [-0.2, 0) is 11.3 Å². The van der Waals surface area contributed by atoms with Gasteiger partial charge in [-0.05, 0) is 36.1 Å². The summed E-state index contributed by atoms with van der Waals surface area (Å²) in [5.74, 6) is 1.78. The number of methoxy groups -OCH3 is 2. The Kier molecular flexibility index (Phi) is 7.10. The van der Waals surface area contributed by atoms with Gasteiger partial charge in [0.25, 0.3) is 0 Å². The highest BCUT2D eigenvalue weighted by Crippen LogP contribution is 2.29. The zero-order chi connectivity index (χ0) is 21.6. The third kappa shape index (κ3) is 5.02. The van der Waals surface area contributed by atoms with Crippen LogP contribution in [0.25, 0.3) is 0 Å². The van der Waals surface area contributed by atoms with Crippen LogP contribution in [0.1, 0.15) is 30.0 Å². The van der Waals surface area contributed by atoms with Crippen molar-refractivity contribution in [1.82, 2.24) is 14.7 Å². The Labute approximate surface area is 185 Å². The molecule has 0 radical (unpaired) electrons. The summed E-state index contributed by atoms with van der Waals surface area (Å²) in [5.41, 5.74) is 2.31. The lowest BCUT2D eigenvalue weighted by Crippen LogP contribution is -2.51. The molecular formula is C25H33N3O3. The highest BCUT2D eigenvalue weighted by molar-refractivity contribution is 5.83. The van der Waals surface area contributed by atoms with Crippen molar-refractivity contribution >= 4 is 5.91 Å². The van der Waals surface area contributed by atoms with Crippen LogP contribution in [0.2, 0.25) is 0 Å². The molecule has 0 spiro atoms. The van der Waals surface area contributed by atoms with Crippen LogP contribution in [0.5, 0.6) is 11.5 Å². The zero-order valence-electron chi connectivity index (χ0n) is 18.6. The van der Waals surface area contributed by atoms with Crippen molar-refractivity contribution in [3.63, 3.8) is 0 Å². The number of carbonyl (C=O) groups is 1. The smallest absolute Gasteiger partial charge is 0.244 e. The minimum Gasteiger partial charge on any atom is -0.493 e. The topological polar surface area (TPSA) is 45.2 Å². The van der Waals surface area contributed by atoms with E-state index >= 15 is 0 Å². The Balaban J connectivity index is 1.42. The van der Waals surface area contributed by atoms with Gasteiger partial charge in [0.2, 0.25) is 5.91 Å². The molecule has 2 aromatic rings. The molecule has 6 nitrogen and oxygen atoms in total. The average molecular weight is 424 g/mol. The molecule has 166 valence electrons. The van der Waals surface area contributed by atoms with Crippen molar-refractivity contribution in [1.29, 1.82) is 0 Å². The number of benzene rings is 2. The van der Waals surface area contributed by atoms with E-state index < -0.39 is 0 Å². The van der Waals surface area contributed by atoms with Gasteiger partial charge in [-0.2, -0.15) is 0 Å². The zero-order valence-corrected chi connectivity index (χ0v) is 18.6. The summed E-state index contributed by atoms with van der Waals surface area (Å²) in [6.45, 7) is 6.28. The van der Waals surface area contributed by atoms with Crippen molar-refractivity contribution < 1.29 is 14.3 Å². The van der Waals surface area contributed by atoms with Gasteiger partial charge in [0.05, 0.1) is 14.2 Å². The molecule has 2 aliphatic heterocycles. The molecule has 31 heavy (non-hydrogen) atoms. The summed E-state index contributed by atoms with van der Waals surface area (Å²) in [5, 5.41) is 0. The first-order valence-electron chi connectivity index (χ1n) is 11.2. The van der Waals surface area contributed by atoms with Gasteiger partial charge in [0.1, 0.15) is 6.04 Å². The molecule has 2 fully saturated rings. The third-order valence-corrected chi connectivity index (χ3v) is 6.39. The van der Waals surface area contributed by atoms with E-state index in [1.165, 1.54) is 5.56 Å². The molecule has 0 aromatic heterocycles. The Bertz CT molecular complexity index is 860.